The van der Waals surface area contributed by atoms with E-state index in [0.717, 1.165) is 14.3 Å². The first-order chi connectivity index (χ1) is 15.2. The molecule has 0 saturated heterocycles. The number of aryl methyl sites for hydroxylation is 1. The lowest BCUT2D eigenvalue weighted by atomic mass is 10.2. The molecule has 9 heteroatoms. The fourth-order valence-electron chi connectivity index (χ4n) is 2.99. The Morgan fingerprint density at radius 3 is 2.16 bits per heavy atom. The van der Waals surface area contributed by atoms with Gasteiger partial charge in [-0.3, -0.25) is 9.10 Å². The summed E-state index contributed by atoms with van der Waals surface area (Å²) in [5, 5.41) is 2.73. The number of hydrogen-bond acceptors (Lipinski definition) is 5. The molecule has 0 spiro atoms. The topological polar surface area (TPSA) is 84.9 Å². The number of nitrogens with one attached hydrogen (secondary N) is 1. The minimum absolute atomic E-state index is 0.0211. The van der Waals surface area contributed by atoms with Crippen molar-refractivity contribution in [3.63, 3.8) is 0 Å². The van der Waals surface area contributed by atoms with Crippen LogP contribution in [0.25, 0.3) is 0 Å². The van der Waals surface area contributed by atoms with Crippen molar-refractivity contribution in [2.45, 2.75) is 11.8 Å². The number of benzene rings is 3. The predicted octanol–water partition coefficient (Wildman–Crippen LogP) is 4.61. The standard InChI is InChI=1S/C23H23BrN2O5S/c1-16-4-10-19(11-5-16)26(15-23(27)25-18-8-6-17(24)7-9-18)32(28,29)20-12-13-21(30-2)22(14-20)31-3/h4-14H,15H2,1-3H3,(H,25,27). The number of ether oxygens (including phenoxy) is 2. The van der Waals surface area contributed by atoms with Crippen LogP contribution in [-0.4, -0.2) is 35.1 Å². The molecule has 0 bridgehead atoms. The summed E-state index contributed by atoms with van der Waals surface area (Å²) in [6, 6.07) is 18.2. The third kappa shape index (κ3) is 5.41. The van der Waals surface area contributed by atoms with Gasteiger partial charge in [0.15, 0.2) is 11.5 Å². The lowest BCUT2D eigenvalue weighted by Gasteiger charge is -2.24. The Kier molecular flexibility index (Phi) is 7.42. The van der Waals surface area contributed by atoms with Gasteiger partial charge in [-0.05, 0) is 55.5 Å². The molecule has 3 rings (SSSR count). The molecule has 0 aliphatic heterocycles. The maximum absolute atomic E-state index is 13.6. The van der Waals surface area contributed by atoms with E-state index in [9.17, 15) is 13.2 Å². The minimum atomic E-state index is -4.09. The Bertz CT molecular complexity index is 1200. The van der Waals surface area contributed by atoms with Crippen molar-refractivity contribution in [3.8, 4) is 11.5 Å². The molecule has 32 heavy (non-hydrogen) atoms. The third-order valence-electron chi connectivity index (χ3n) is 4.68. The largest absolute Gasteiger partial charge is 0.493 e. The van der Waals surface area contributed by atoms with Gasteiger partial charge in [-0.1, -0.05) is 33.6 Å². The monoisotopic (exact) mass is 518 g/mol. The molecule has 7 nitrogen and oxygen atoms in total. The smallest absolute Gasteiger partial charge is 0.264 e. The summed E-state index contributed by atoms with van der Waals surface area (Å²) in [7, 11) is -1.19. The van der Waals surface area contributed by atoms with E-state index in [1.165, 1.54) is 32.4 Å². The van der Waals surface area contributed by atoms with E-state index in [0.29, 0.717) is 17.1 Å². The molecule has 0 fully saturated rings. The van der Waals surface area contributed by atoms with Crippen molar-refractivity contribution in [1.29, 1.82) is 0 Å². The van der Waals surface area contributed by atoms with Gasteiger partial charge in [-0.25, -0.2) is 8.42 Å². The number of carbonyl (C=O) groups is 1. The minimum Gasteiger partial charge on any atom is -0.493 e. The maximum atomic E-state index is 13.6. The number of methoxy groups -OCH3 is 2. The lowest BCUT2D eigenvalue weighted by molar-refractivity contribution is -0.114. The molecule has 0 radical (unpaired) electrons. The molecular formula is C23H23BrN2O5S. The van der Waals surface area contributed by atoms with Gasteiger partial charge in [-0.15, -0.1) is 0 Å². The first kappa shape index (κ1) is 23.6. The number of sulfonamides is 1. The highest BCUT2D eigenvalue weighted by molar-refractivity contribution is 9.10. The summed E-state index contributed by atoms with van der Waals surface area (Å²) in [6.07, 6.45) is 0. The molecule has 3 aromatic carbocycles. The van der Waals surface area contributed by atoms with Crippen LogP contribution < -0.4 is 19.1 Å². The Balaban J connectivity index is 1.97. The second-order valence-electron chi connectivity index (χ2n) is 6.92. The van der Waals surface area contributed by atoms with Crippen LogP contribution in [0.1, 0.15) is 5.56 Å². The maximum Gasteiger partial charge on any atom is 0.264 e. The number of hydrogen-bond donors (Lipinski definition) is 1. The molecule has 3 aromatic rings. The lowest BCUT2D eigenvalue weighted by Crippen LogP contribution is -2.38. The third-order valence-corrected chi connectivity index (χ3v) is 6.98. The fourth-order valence-corrected chi connectivity index (χ4v) is 4.70. The highest BCUT2D eigenvalue weighted by atomic mass is 79.9. The highest BCUT2D eigenvalue weighted by Gasteiger charge is 2.28. The molecule has 0 aromatic heterocycles. The zero-order valence-electron chi connectivity index (χ0n) is 17.8. The van der Waals surface area contributed by atoms with Crippen molar-refractivity contribution in [2.75, 3.05) is 30.4 Å². The molecule has 0 aliphatic rings. The molecule has 0 aliphatic carbocycles. The van der Waals surface area contributed by atoms with E-state index in [4.69, 9.17) is 9.47 Å². The van der Waals surface area contributed by atoms with E-state index in [1.807, 2.05) is 6.92 Å². The van der Waals surface area contributed by atoms with Crippen molar-refractivity contribution in [1.82, 2.24) is 0 Å². The molecule has 1 amide bonds. The van der Waals surface area contributed by atoms with E-state index in [-0.39, 0.29) is 10.6 Å². The average Bonchev–Trinajstić information content (AvgIpc) is 2.79. The van der Waals surface area contributed by atoms with Gasteiger partial charge in [0.25, 0.3) is 10.0 Å². The zero-order chi connectivity index (χ0) is 23.3. The molecule has 0 saturated carbocycles. The van der Waals surface area contributed by atoms with Gasteiger partial charge >= 0.3 is 0 Å². The van der Waals surface area contributed by atoms with Crippen LogP contribution >= 0.6 is 15.9 Å². The molecule has 0 heterocycles. The number of rotatable bonds is 8. The van der Waals surface area contributed by atoms with Gasteiger partial charge in [0.2, 0.25) is 5.91 Å². The Morgan fingerprint density at radius 2 is 1.56 bits per heavy atom. The van der Waals surface area contributed by atoms with E-state index < -0.39 is 22.5 Å². The van der Waals surface area contributed by atoms with Gasteiger partial charge in [0.05, 0.1) is 24.8 Å². The second kappa shape index (κ2) is 10.1. The first-order valence-electron chi connectivity index (χ1n) is 9.61. The number of nitrogens with zero attached hydrogens (tertiary/aromatic N) is 1. The fraction of sp³-hybridized carbons (Fsp3) is 0.174. The van der Waals surface area contributed by atoms with Crippen LogP contribution in [0.4, 0.5) is 11.4 Å². The van der Waals surface area contributed by atoms with Crippen LogP contribution in [0.2, 0.25) is 0 Å². The number of carbonyl (C=O) groups excluding carboxylic acids is 1. The summed E-state index contributed by atoms with van der Waals surface area (Å²) in [5.41, 5.74) is 1.90. The SMILES string of the molecule is COc1ccc(S(=O)(=O)N(CC(=O)Nc2ccc(Br)cc2)c2ccc(C)cc2)cc1OC. The van der Waals surface area contributed by atoms with E-state index in [1.54, 1.807) is 48.5 Å². The van der Waals surface area contributed by atoms with E-state index in [2.05, 4.69) is 21.2 Å². The molecule has 168 valence electrons. The first-order valence-corrected chi connectivity index (χ1v) is 11.8. The normalized spacial score (nSPS) is 11.0. The predicted molar refractivity (Wildman–Crippen MR) is 128 cm³/mol. The van der Waals surface area contributed by atoms with Crippen LogP contribution in [0.3, 0.4) is 0 Å². The zero-order valence-corrected chi connectivity index (χ0v) is 20.2. The molecule has 1 N–H and O–H groups in total. The molecule has 0 unspecified atom stereocenters. The summed E-state index contributed by atoms with van der Waals surface area (Å²) in [4.78, 5) is 12.8. The van der Waals surface area contributed by atoms with Crippen molar-refractivity contribution >= 4 is 43.2 Å². The summed E-state index contributed by atoms with van der Waals surface area (Å²) >= 11 is 3.34. The van der Waals surface area contributed by atoms with Crippen molar-refractivity contribution < 1.29 is 22.7 Å². The Morgan fingerprint density at radius 1 is 0.938 bits per heavy atom. The van der Waals surface area contributed by atoms with Gasteiger partial charge in [-0.2, -0.15) is 0 Å². The Hall–Kier alpha value is -3.04. The number of anilines is 2. The van der Waals surface area contributed by atoms with Crippen LogP contribution in [0.5, 0.6) is 11.5 Å². The quantitative estimate of drug-likeness (QED) is 0.470. The van der Waals surface area contributed by atoms with Gasteiger partial charge in [0.1, 0.15) is 6.54 Å². The summed E-state index contributed by atoms with van der Waals surface area (Å²) in [5.74, 6) is 0.204. The average molecular weight is 519 g/mol. The second-order valence-corrected chi connectivity index (χ2v) is 9.70. The highest BCUT2D eigenvalue weighted by Crippen LogP contribution is 2.32. The molecule has 0 atom stereocenters. The number of halogens is 1. The van der Waals surface area contributed by atoms with Crippen LogP contribution in [0.15, 0.2) is 76.1 Å². The van der Waals surface area contributed by atoms with Crippen molar-refractivity contribution in [3.05, 3.63) is 76.8 Å². The van der Waals surface area contributed by atoms with E-state index >= 15 is 0 Å². The van der Waals surface area contributed by atoms with Crippen LogP contribution in [-0.2, 0) is 14.8 Å². The Labute approximate surface area is 196 Å². The van der Waals surface area contributed by atoms with Crippen LogP contribution in [0, 0.1) is 6.92 Å². The van der Waals surface area contributed by atoms with Crippen molar-refractivity contribution in [2.24, 2.45) is 0 Å². The summed E-state index contributed by atoms with van der Waals surface area (Å²) in [6.45, 7) is 1.49. The number of amides is 1. The van der Waals surface area contributed by atoms with Gasteiger partial charge in [0, 0.05) is 16.2 Å². The molecular weight excluding hydrogens is 496 g/mol. The van der Waals surface area contributed by atoms with Gasteiger partial charge < -0.3 is 14.8 Å². The summed E-state index contributed by atoms with van der Waals surface area (Å²) < 4.78 is 39.5.